The predicted octanol–water partition coefficient (Wildman–Crippen LogP) is 3.57. The molecule has 2 unspecified atom stereocenters. The first kappa shape index (κ1) is 14.5. The van der Waals surface area contributed by atoms with Crippen molar-refractivity contribution < 1.29 is 0 Å². The highest BCUT2D eigenvalue weighted by Gasteiger charge is 2.24. The Labute approximate surface area is 107 Å². The van der Waals surface area contributed by atoms with E-state index >= 15 is 0 Å². The molecule has 0 saturated carbocycles. The molecule has 2 atom stereocenters. The molecule has 0 aliphatic carbocycles. The normalized spacial score (nSPS) is 22.1. The summed E-state index contributed by atoms with van der Waals surface area (Å²) in [5.41, 5.74) is 6.45. The van der Waals surface area contributed by atoms with Gasteiger partial charge in [-0.2, -0.15) is 0 Å². The lowest BCUT2D eigenvalue weighted by molar-refractivity contribution is 0.217. The van der Waals surface area contributed by atoms with E-state index < -0.39 is 0 Å². The van der Waals surface area contributed by atoms with E-state index in [4.69, 9.17) is 0 Å². The van der Waals surface area contributed by atoms with Gasteiger partial charge >= 0.3 is 0 Å². The number of hydrogen-bond donors (Lipinski definition) is 2. The second-order valence-corrected chi connectivity index (χ2v) is 4.86. The Morgan fingerprint density at radius 1 is 1.12 bits per heavy atom. The van der Waals surface area contributed by atoms with Gasteiger partial charge in [0.1, 0.15) is 0 Å². The summed E-state index contributed by atoms with van der Waals surface area (Å²) in [5.74, 6) is 0.747. The first-order valence-corrected chi connectivity index (χ1v) is 7.16. The SMILES string of the molecule is CCC=CCC(C/C=C\CCCC)C1CNN1. The van der Waals surface area contributed by atoms with Crippen LogP contribution in [0.25, 0.3) is 0 Å². The molecule has 0 bridgehead atoms. The molecule has 1 saturated heterocycles. The summed E-state index contributed by atoms with van der Waals surface area (Å²) < 4.78 is 0. The molecule has 0 radical (unpaired) electrons. The fourth-order valence-corrected chi connectivity index (χ4v) is 2.08. The van der Waals surface area contributed by atoms with Crippen molar-refractivity contribution in [3.05, 3.63) is 24.3 Å². The summed E-state index contributed by atoms with van der Waals surface area (Å²) in [6.45, 7) is 5.56. The average molecular weight is 236 g/mol. The van der Waals surface area contributed by atoms with Crippen molar-refractivity contribution in [1.29, 1.82) is 0 Å². The van der Waals surface area contributed by atoms with Gasteiger partial charge in [-0.25, -0.2) is 0 Å². The van der Waals surface area contributed by atoms with Crippen LogP contribution in [0.15, 0.2) is 24.3 Å². The Morgan fingerprint density at radius 2 is 1.82 bits per heavy atom. The van der Waals surface area contributed by atoms with Gasteiger partial charge in [0.05, 0.1) is 0 Å². The molecule has 1 aliphatic rings. The molecule has 1 fully saturated rings. The third-order valence-corrected chi connectivity index (χ3v) is 3.35. The van der Waals surface area contributed by atoms with E-state index in [-0.39, 0.29) is 0 Å². The molecule has 98 valence electrons. The molecule has 0 aromatic carbocycles. The Morgan fingerprint density at radius 3 is 2.35 bits per heavy atom. The lowest BCUT2D eigenvalue weighted by atomic mass is 9.90. The molecule has 2 heteroatoms. The average Bonchev–Trinajstić information content (AvgIpc) is 2.26. The lowest BCUT2D eigenvalue weighted by Crippen LogP contribution is -2.62. The maximum absolute atomic E-state index is 3.31. The number of allylic oxidation sites excluding steroid dienone is 4. The van der Waals surface area contributed by atoms with Crippen LogP contribution in [0.2, 0.25) is 0 Å². The summed E-state index contributed by atoms with van der Waals surface area (Å²) in [5, 5.41) is 0. The lowest BCUT2D eigenvalue weighted by Gasteiger charge is -2.35. The molecule has 1 rings (SSSR count). The van der Waals surface area contributed by atoms with Gasteiger partial charge in [0.25, 0.3) is 0 Å². The van der Waals surface area contributed by atoms with Gasteiger partial charge in [0.2, 0.25) is 0 Å². The quantitative estimate of drug-likeness (QED) is 0.472. The van der Waals surface area contributed by atoms with Crippen LogP contribution in [0.3, 0.4) is 0 Å². The molecule has 0 spiro atoms. The van der Waals surface area contributed by atoms with Gasteiger partial charge in [-0.05, 0) is 31.6 Å². The van der Waals surface area contributed by atoms with Crippen molar-refractivity contribution in [3.8, 4) is 0 Å². The topological polar surface area (TPSA) is 24.1 Å². The summed E-state index contributed by atoms with van der Waals surface area (Å²) in [6, 6.07) is 0.660. The van der Waals surface area contributed by atoms with Gasteiger partial charge in [0.15, 0.2) is 0 Å². The highest BCUT2D eigenvalue weighted by molar-refractivity contribution is 4.95. The molecular weight excluding hydrogens is 208 g/mol. The minimum atomic E-state index is 0.660. The summed E-state index contributed by atoms with van der Waals surface area (Å²) in [4.78, 5) is 0. The first-order chi connectivity index (χ1) is 8.38. The molecule has 17 heavy (non-hydrogen) atoms. The number of rotatable bonds is 9. The molecule has 2 nitrogen and oxygen atoms in total. The monoisotopic (exact) mass is 236 g/mol. The van der Waals surface area contributed by atoms with Crippen LogP contribution >= 0.6 is 0 Å². The molecule has 1 aliphatic heterocycles. The van der Waals surface area contributed by atoms with E-state index in [1.54, 1.807) is 0 Å². The fourth-order valence-electron chi connectivity index (χ4n) is 2.08. The zero-order valence-corrected chi connectivity index (χ0v) is 11.4. The van der Waals surface area contributed by atoms with Crippen molar-refractivity contribution >= 4 is 0 Å². The van der Waals surface area contributed by atoms with Crippen LogP contribution in [0.1, 0.15) is 52.4 Å². The number of unbranched alkanes of at least 4 members (excludes halogenated alkanes) is 2. The Bertz CT molecular complexity index is 229. The van der Waals surface area contributed by atoms with Gasteiger partial charge in [-0.15, -0.1) is 0 Å². The van der Waals surface area contributed by atoms with Crippen molar-refractivity contribution in [2.45, 2.75) is 58.4 Å². The highest BCUT2D eigenvalue weighted by atomic mass is 15.5. The number of nitrogens with one attached hydrogen (secondary N) is 2. The van der Waals surface area contributed by atoms with Crippen LogP contribution in [-0.4, -0.2) is 12.6 Å². The Kier molecular flexibility index (Phi) is 8.02. The zero-order valence-electron chi connectivity index (χ0n) is 11.4. The molecular formula is C15H28N2. The molecule has 2 N–H and O–H groups in total. The highest BCUT2D eigenvalue weighted by Crippen LogP contribution is 2.18. The van der Waals surface area contributed by atoms with Gasteiger partial charge in [0, 0.05) is 12.6 Å². The minimum Gasteiger partial charge on any atom is -0.256 e. The van der Waals surface area contributed by atoms with Crippen molar-refractivity contribution in [1.82, 2.24) is 10.9 Å². The van der Waals surface area contributed by atoms with Crippen molar-refractivity contribution in [2.24, 2.45) is 5.92 Å². The second-order valence-electron chi connectivity index (χ2n) is 4.86. The maximum Gasteiger partial charge on any atom is 0.0385 e. The van der Waals surface area contributed by atoms with E-state index in [0.717, 1.165) is 18.9 Å². The van der Waals surface area contributed by atoms with E-state index in [2.05, 4.69) is 49.0 Å². The van der Waals surface area contributed by atoms with Crippen LogP contribution < -0.4 is 10.9 Å². The van der Waals surface area contributed by atoms with Crippen LogP contribution in [-0.2, 0) is 0 Å². The van der Waals surface area contributed by atoms with Gasteiger partial charge in [-0.3, -0.25) is 10.9 Å². The van der Waals surface area contributed by atoms with E-state index in [1.165, 1.54) is 32.1 Å². The number of hydrogen-bond acceptors (Lipinski definition) is 2. The summed E-state index contributed by atoms with van der Waals surface area (Å²) in [6.07, 6.45) is 16.8. The van der Waals surface area contributed by atoms with Crippen LogP contribution in [0, 0.1) is 5.92 Å². The Balaban J connectivity index is 2.24. The smallest absolute Gasteiger partial charge is 0.0385 e. The largest absolute Gasteiger partial charge is 0.256 e. The van der Waals surface area contributed by atoms with E-state index in [1.807, 2.05) is 0 Å². The van der Waals surface area contributed by atoms with E-state index in [9.17, 15) is 0 Å². The number of hydrazine groups is 1. The van der Waals surface area contributed by atoms with Crippen LogP contribution in [0.5, 0.6) is 0 Å². The minimum absolute atomic E-state index is 0.660. The van der Waals surface area contributed by atoms with Crippen molar-refractivity contribution in [2.75, 3.05) is 6.54 Å². The molecule has 0 amide bonds. The molecule has 0 aromatic heterocycles. The first-order valence-electron chi connectivity index (χ1n) is 7.16. The maximum atomic E-state index is 3.31. The standard InChI is InChI=1S/C15H28N2/c1-3-5-7-8-10-12-14(11-9-6-4-2)15-13-16-17-15/h6,8-10,14-17H,3-5,7,11-13H2,1-2H3/b9-6?,10-8-. The predicted molar refractivity (Wildman–Crippen MR) is 75.7 cm³/mol. The van der Waals surface area contributed by atoms with Gasteiger partial charge < -0.3 is 0 Å². The van der Waals surface area contributed by atoms with Gasteiger partial charge in [-0.1, -0.05) is 51.0 Å². The third-order valence-electron chi connectivity index (χ3n) is 3.35. The van der Waals surface area contributed by atoms with Crippen molar-refractivity contribution in [3.63, 3.8) is 0 Å². The fraction of sp³-hybridized carbons (Fsp3) is 0.733. The third kappa shape index (κ3) is 6.04. The molecule has 0 aromatic rings. The Hall–Kier alpha value is -0.600. The summed E-state index contributed by atoms with van der Waals surface area (Å²) >= 11 is 0. The second kappa shape index (κ2) is 9.43. The van der Waals surface area contributed by atoms with Crippen LogP contribution in [0.4, 0.5) is 0 Å². The summed E-state index contributed by atoms with van der Waals surface area (Å²) in [7, 11) is 0. The molecule has 1 heterocycles. The zero-order chi connectivity index (χ0) is 12.3. The van der Waals surface area contributed by atoms with E-state index in [0.29, 0.717) is 6.04 Å².